The van der Waals surface area contributed by atoms with E-state index < -0.39 is 0 Å². The molecular weight excluding hydrogens is 216 g/mol. The Morgan fingerprint density at radius 1 is 1.47 bits per heavy atom. The first-order chi connectivity index (χ1) is 8.27. The number of nitrogens with zero attached hydrogens (tertiary/aromatic N) is 4. The van der Waals surface area contributed by atoms with Crippen molar-refractivity contribution in [2.75, 3.05) is 25.2 Å². The monoisotopic (exact) mass is 232 g/mol. The van der Waals surface area contributed by atoms with E-state index in [9.17, 15) is 0 Å². The Kier molecular flexibility index (Phi) is 2.48. The number of hydrogen-bond donors (Lipinski definition) is 0. The Bertz CT molecular complexity index is 530. The van der Waals surface area contributed by atoms with Gasteiger partial charge in [0.05, 0.1) is 18.0 Å². The predicted molar refractivity (Wildman–Crippen MR) is 66.1 cm³/mol. The largest absolute Gasteiger partial charge is 0.379 e. The summed E-state index contributed by atoms with van der Waals surface area (Å²) in [7, 11) is 4.08. The second-order valence-corrected chi connectivity index (χ2v) is 4.49. The Morgan fingerprint density at radius 2 is 2.35 bits per heavy atom. The number of hydrogen-bond acceptors (Lipinski definition) is 4. The molecular formula is C12H16N4O. The summed E-state index contributed by atoms with van der Waals surface area (Å²) in [4.78, 5) is 10.9. The van der Waals surface area contributed by atoms with Crippen molar-refractivity contribution >= 4 is 16.9 Å². The molecule has 3 heterocycles. The molecule has 0 aliphatic carbocycles. The van der Waals surface area contributed by atoms with Crippen LogP contribution in [0.1, 0.15) is 6.42 Å². The molecule has 1 aliphatic heterocycles. The molecule has 0 bridgehead atoms. The van der Waals surface area contributed by atoms with Crippen molar-refractivity contribution in [2.45, 2.75) is 12.5 Å². The zero-order valence-electron chi connectivity index (χ0n) is 10.1. The van der Waals surface area contributed by atoms with Crippen molar-refractivity contribution in [1.82, 2.24) is 14.5 Å². The lowest BCUT2D eigenvalue weighted by Gasteiger charge is -2.24. The van der Waals surface area contributed by atoms with Crippen molar-refractivity contribution in [1.29, 1.82) is 0 Å². The van der Waals surface area contributed by atoms with E-state index in [0.29, 0.717) is 6.04 Å². The topological polar surface area (TPSA) is 43.2 Å². The zero-order valence-corrected chi connectivity index (χ0v) is 10.1. The van der Waals surface area contributed by atoms with Gasteiger partial charge in [0.25, 0.3) is 0 Å². The number of aryl methyl sites for hydroxylation is 1. The van der Waals surface area contributed by atoms with E-state index in [0.717, 1.165) is 36.5 Å². The third-order valence-electron chi connectivity index (χ3n) is 3.43. The van der Waals surface area contributed by atoms with Gasteiger partial charge in [0, 0.05) is 26.9 Å². The van der Waals surface area contributed by atoms with Crippen LogP contribution in [0.15, 0.2) is 18.6 Å². The van der Waals surface area contributed by atoms with E-state index in [-0.39, 0.29) is 0 Å². The van der Waals surface area contributed by atoms with Gasteiger partial charge in [0.2, 0.25) is 0 Å². The van der Waals surface area contributed by atoms with Crippen LogP contribution < -0.4 is 4.90 Å². The van der Waals surface area contributed by atoms with Gasteiger partial charge < -0.3 is 14.2 Å². The summed E-state index contributed by atoms with van der Waals surface area (Å²) in [6, 6.07) is 2.49. The van der Waals surface area contributed by atoms with Crippen LogP contribution in [0.5, 0.6) is 0 Å². The molecule has 1 fully saturated rings. The van der Waals surface area contributed by atoms with Gasteiger partial charge in [-0.25, -0.2) is 9.97 Å². The normalized spacial score (nSPS) is 20.0. The molecule has 1 unspecified atom stereocenters. The van der Waals surface area contributed by atoms with E-state index in [1.807, 2.05) is 17.8 Å². The highest BCUT2D eigenvalue weighted by Crippen LogP contribution is 2.25. The van der Waals surface area contributed by atoms with Crippen LogP contribution in [-0.4, -0.2) is 40.8 Å². The number of aromatic nitrogens is 3. The second kappa shape index (κ2) is 4.00. The lowest BCUT2D eigenvalue weighted by atomic mass is 10.2. The van der Waals surface area contributed by atoms with Gasteiger partial charge in [-0.3, -0.25) is 0 Å². The standard InChI is InChI=1S/C12H16N4O/c1-15-5-3-10-11(15)13-8-14-12(10)16(2)9-4-6-17-7-9/h3,5,8-9H,4,6-7H2,1-2H3. The minimum Gasteiger partial charge on any atom is -0.379 e. The number of likely N-dealkylation sites (N-methyl/N-ethyl adjacent to an activating group) is 1. The average molecular weight is 232 g/mol. The zero-order chi connectivity index (χ0) is 11.8. The molecule has 1 saturated heterocycles. The molecule has 5 nitrogen and oxygen atoms in total. The summed E-state index contributed by atoms with van der Waals surface area (Å²) < 4.78 is 7.44. The fraction of sp³-hybridized carbons (Fsp3) is 0.500. The molecule has 2 aromatic heterocycles. The molecule has 0 radical (unpaired) electrons. The highest BCUT2D eigenvalue weighted by atomic mass is 16.5. The van der Waals surface area contributed by atoms with Crippen molar-refractivity contribution in [2.24, 2.45) is 7.05 Å². The molecule has 0 saturated carbocycles. The van der Waals surface area contributed by atoms with E-state index in [1.165, 1.54) is 0 Å². The Labute approximate surface area is 100 Å². The highest BCUT2D eigenvalue weighted by molar-refractivity contribution is 5.87. The molecule has 5 heteroatoms. The first-order valence-corrected chi connectivity index (χ1v) is 5.84. The maximum Gasteiger partial charge on any atom is 0.145 e. The van der Waals surface area contributed by atoms with Crippen molar-refractivity contribution in [3.8, 4) is 0 Å². The maximum absolute atomic E-state index is 5.43. The van der Waals surface area contributed by atoms with Gasteiger partial charge in [0.1, 0.15) is 17.8 Å². The molecule has 90 valence electrons. The molecule has 0 aromatic carbocycles. The quantitative estimate of drug-likeness (QED) is 0.780. The third kappa shape index (κ3) is 1.67. The van der Waals surface area contributed by atoms with Gasteiger partial charge in [-0.05, 0) is 12.5 Å². The summed E-state index contributed by atoms with van der Waals surface area (Å²) in [5, 5.41) is 1.10. The fourth-order valence-electron chi connectivity index (χ4n) is 2.35. The van der Waals surface area contributed by atoms with Gasteiger partial charge in [-0.15, -0.1) is 0 Å². The van der Waals surface area contributed by atoms with Crippen LogP contribution in [0.3, 0.4) is 0 Å². The minimum atomic E-state index is 0.424. The van der Waals surface area contributed by atoms with Gasteiger partial charge in [-0.2, -0.15) is 0 Å². The molecule has 0 spiro atoms. The van der Waals surface area contributed by atoms with Gasteiger partial charge in [0.15, 0.2) is 0 Å². The molecule has 1 aliphatic rings. The Balaban J connectivity index is 2.04. The van der Waals surface area contributed by atoms with Crippen LogP contribution in [0, 0.1) is 0 Å². The van der Waals surface area contributed by atoms with E-state index >= 15 is 0 Å². The average Bonchev–Trinajstić information content (AvgIpc) is 2.98. The van der Waals surface area contributed by atoms with E-state index in [1.54, 1.807) is 6.33 Å². The van der Waals surface area contributed by atoms with Crippen LogP contribution in [-0.2, 0) is 11.8 Å². The molecule has 1 atom stereocenters. The lowest BCUT2D eigenvalue weighted by molar-refractivity contribution is 0.193. The summed E-state index contributed by atoms with van der Waals surface area (Å²) in [5.74, 6) is 0.992. The fourth-order valence-corrected chi connectivity index (χ4v) is 2.35. The van der Waals surface area contributed by atoms with Crippen molar-refractivity contribution in [3.63, 3.8) is 0 Å². The molecule has 3 rings (SSSR count). The number of rotatable bonds is 2. The van der Waals surface area contributed by atoms with Crippen molar-refractivity contribution < 1.29 is 4.74 Å². The van der Waals surface area contributed by atoms with Gasteiger partial charge in [-0.1, -0.05) is 0 Å². The van der Waals surface area contributed by atoms with Crippen LogP contribution in [0.4, 0.5) is 5.82 Å². The first-order valence-electron chi connectivity index (χ1n) is 5.84. The summed E-state index contributed by atoms with van der Waals surface area (Å²) in [6.07, 6.45) is 4.71. The number of fused-ring (bicyclic) bond motifs is 1. The Morgan fingerprint density at radius 3 is 3.12 bits per heavy atom. The first kappa shape index (κ1) is 10.5. The summed E-state index contributed by atoms with van der Waals surface area (Å²) in [6.45, 7) is 1.63. The molecule has 0 amide bonds. The summed E-state index contributed by atoms with van der Waals surface area (Å²) >= 11 is 0. The van der Waals surface area contributed by atoms with Crippen molar-refractivity contribution in [3.05, 3.63) is 18.6 Å². The van der Waals surface area contributed by atoms with E-state index in [2.05, 4.69) is 28.0 Å². The van der Waals surface area contributed by atoms with Crippen LogP contribution in [0.2, 0.25) is 0 Å². The summed E-state index contributed by atoms with van der Waals surface area (Å²) in [5.41, 5.74) is 0.973. The highest BCUT2D eigenvalue weighted by Gasteiger charge is 2.23. The smallest absolute Gasteiger partial charge is 0.145 e. The third-order valence-corrected chi connectivity index (χ3v) is 3.43. The van der Waals surface area contributed by atoms with Gasteiger partial charge >= 0.3 is 0 Å². The Hall–Kier alpha value is -1.62. The predicted octanol–water partition coefficient (Wildman–Crippen LogP) is 1.19. The van der Waals surface area contributed by atoms with E-state index in [4.69, 9.17) is 4.74 Å². The molecule has 2 aromatic rings. The minimum absolute atomic E-state index is 0.424. The number of ether oxygens (including phenoxy) is 1. The lowest BCUT2D eigenvalue weighted by Crippen LogP contribution is -2.32. The van der Waals surface area contributed by atoms with Crippen LogP contribution >= 0.6 is 0 Å². The molecule has 0 N–H and O–H groups in total. The number of anilines is 1. The maximum atomic E-state index is 5.43. The molecule has 17 heavy (non-hydrogen) atoms. The van der Waals surface area contributed by atoms with Crippen LogP contribution in [0.25, 0.3) is 11.0 Å². The SMILES string of the molecule is CN(c1ncnc2c1ccn2C)C1CCOC1. The second-order valence-electron chi connectivity index (χ2n) is 4.49.